The van der Waals surface area contributed by atoms with E-state index in [1.807, 2.05) is 0 Å². The second-order valence-corrected chi connectivity index (χ2v) is 34.3. The second kappa shape index (κ2) is 14.6. The molecule has 2 heterocycles. The summed E-state index contributed by atoms with van der Waals surface area (Å²) in [5.41, 5.74) is -1.62. The Morgan fingerprint density at radius 1 is 1.06 bits per heavy atom. The molecule has 0 saturated carbocycles. The molecule has 0 aromatic heterocycles. The molecule has 2 atom stereocenters. The molecule has 17 heteroatoms. The van der Waals surface area contributed by atoms with Crippen molar-refractivity contribution in [3.63, 3.8) is 0 Å². The van der Waals surface area contributed by atoms with Gasteiger partial charge in [-0.1, -0.05) is 0 Å². The molecule has 2 aliphatic rings. The van der Waals surface area contributed by atoms with Gasteiger partial charge in [0.2, 0.25) is 0 Å². The standard InChI is InChI=1S/C19H42O7P4S6/c1-17(2,8-21-7)9-22-27(31)34-14-28(20,15-35-29(32)23-10-18(3,4)11-24-29)16-36-30(33)25-12-19(5,6)13-26-30/h29,31-32H,8-16H2,1-7H3. The molecule has 0 bridgehead atoms. The molecule has 2 fully saturated rings. The molecular formula is C19H42O7P4S6. The van der Waals surface area contributed by atoms with Crippen molar-refractivity contribution in [1.29, 1.82) is 0 Å². The van der Waals surface area contributed by atoms with Crippen molar-refractivity contribution < 1.29 is 31.9 Å². The van der Waals surface area contributed by atoms with E-state index < -0.39 is 25.5 Å². The Balaban J connectivity index is 2.00. The average Bonchev–Trinajstić information content (AvgIpc) is 2.79. The number of hydrogen-bond donors (Lipinski definition) is 2. The molecule has 0 aliphatic carbocycles. The van der Waals surface area contributed by atoms with Gasteiger partial charge in [-0.2, -0.15) is 0 Å². The van der Waals surface area contributed by atoms with Crippen molar-refractivity contribution in [2.45, 2.75) is 41.5 Å². The van der Waals surface area contributed by atoms with Gasteiger partial charge < -0.3 is 0 Å². The van der Waals surface area contributed by atoms with Gasteiger partial charge in [0.25, 0.3) is 0 Å². The van der Waals surface area contributed by atoms with Gasteiger partial charge in [0.1, 0.15) is 0 Å². The van der Waals surface area contributed by atoms with Crippen molar-refractivity contribution in [3.8, 4) is 0 Å². The Hall–Kier alpha value is 3.25. The third-order valence-corrected chi connectivity index (χ3v) is 27.7. The van der Waals surface area contributed by atoms with E-state index in [0.717, 1.165) is 0 Å². The fourth-order valence-electron chi connectivity index (χ4n) is 2.74. The number of hydrogen-bond acceptors (Lipinski definition) is 13. The molecule has 36 heavy (non-hydrogen) atoms. The number of thiol groups is 2. The van der Waals surface area contributed by atoms with Crippen LogP contribution in [-0.2, 0) is 43.7 Å². The zero-order valence-corrected chi connectivity index (χ0v) is 30.8. The first-order chi connectivity index (χ1) is 16.4. The normalized spacial score (nSPS) is 26.6. The fourth-order valence-corrected chi connectivity index (χ4v) is 29.7. The van der Waals surface area contributed by atoms with Crippen molar-refractivity contribution in [2.75, 3.05) is 63.2 Å². The molecule has 0 spiro atoms. The maximum atomic E-state index is 14.2. The van der Waals surface area contributed by atoms with Crippen LogP contribution in [0.4, 0.5) is 0 Å². The molecular weight excluding hydrogens is 657 g/mol. The summed E-state index contributed by atoms with van der Waals surface area (Å²) in [5, 5.41) is 0. The van der Waals surface area contributed by atoms with Gasteiger partial charge in [0, 0.05) is 0 Å². The average molecular weight is 699 g/mol. The summed E-state index contributed by atoms with van der Waals surface area (Å²) in [6, 6.07) is 0. The van der Waals surface area contributed by atoms with Crippen LogP contribution in [-0.4, -0.2) is 63.2 Å². The monoisotopic (exact) mass is 698 g/mol. The first kappa shape index (κ1) is 35.4. The van der Waals surface area contributed by atoms with Crippen molar-refractivity contribution in [1.82, 2.24) is 0 Å². The van der Waals surface area contributed by atoms with Crippen LogP contribution in [0.1, 0.15) is 41.5 Å². The van der Waals surface area contributed by atoms with Crippen LogP contribution in [0.5, 0.6) is 0 Å². The minimum absolute atomic E-state index is 0.0480. The minimum atomic E-state index is -2.77. The Morgan fingerprint density at radius 2 is 1.61 bits per heavy atom. The van der Waals surface area contributed by atoms with E-state index in [1.54, 1.807) is 7.11 Å². The molecule has 2 unspecified atom stereocenters. The first-order valence-corrected chi connectivity index (χ1v) is 26.7. The molecule has 0 aromatic carbocycles. The first-order valence-electron chi connectivity index (χ1n) is 11.4. The van der Waals surface area contributed by atoms with E-state index in [-0.39, 0.29) is 16.2 Å². The third-order valence-electron chi connectivity index (χ3n) is 4.96. The summed E-state index contributed by atoms with van der Waals surface area (Å²) in [6.07, 6.45) is -2.77. The van der Waals surface area contributed by atoms with Crippen molar-refractivity contribution in [3.05, 3.63) is 0 Å². The van der Waals surface area contributed by atoms with Gasteiger partial charge in [-0.25, -0.2) is 0 Å². The number of methoxy groups -OCH3 is 1. The summed E-state index contributed by atoms with van der Waals surface area (Å²) < 4.78 is 49.5. The summed E-state index contributed by atoms with van der Waals surface area (Å²) in [6.45, 7) is 14.8. The van der Waals surface area contributed by atoms with E-state index in [1.165, 1.54) is 34.1 Å². The number of ether oxygens (including phenoxy) is 1. The maximum absolute atomic E-state index is 14.2. The van der Waals surface area contributed by atoms with Crippen LogP contribution < -0.4 is 0 Å². The SMILES string of the molecule is COCC(C)(C)COP(S)SCP(=O)(CSP1(=S)OCC(C)(C)CO1)CS[PH]1(S)OCC(C)(C)CO1. The molecule has 7 nitrogen and oxygen atoms in total. The van der Waals surface area contributed by atoms with E-state index >= 15 is 0 Å². The van der Waals surface area contributed by atoms with E-state index in [2.05, 4.69) is 53.8 Å². The zero-order valence-electron chi connectivity index (χ0n) is 22.1. The quantitative estimate of drug-likeness (QED) is 0.135. The molecule has 2 aliphatic heterocycles. The van der Waals surface area contributed by atoms with Gasteiger partial charge >= 0.3 is 249 Å². The van der Waals surface area contributed by atoms with Crippen LogP contribution in [0.3, 0.4) is 0 Å². The van der Waals surface area contributed by atoms with Gasteiger partial charge in [0.15, 0.2) is 0 Å². The molecule has 0 N–H and O–H groups in total. The predicted octanol–water partition coefficient (Wildman–Crippen LogP) is 8.98. The Labute approximate surface area is 247 Å². The topological polar surface area (TPSA) is 72.5 Å². The molecule has 2 rings (SSSR count). The fraction of sp³-hybridized carbons (Fsp3) is 1.00. The number of rotatable bonds is 14. The van der Waals surface area contributed by atoms with E-state index in [4.69, 9.17) is 51.4 Å². The second-order valence-electron chi connectivity index (χ2n) is 11.4. The molecule has 2 saturated heterocycles. The zero-order chi connectivity index (χ0) is 27.3. The van der Waals surface area contributed by atoms with Crippen LogP contribution in [0.2, 0.25) is 0 Å². The third kappa shape index (κ3) is 13.0. The van der Waals surface area contributed by atoms with Gasteiger partial charge in [-0.3, -0.25) is 0 Å². The van der Waals surface area contributed by atoms with Crippen LogP contribution in [0, 0.1) is 16.2 Å². The molecule has 0 amide bonds. The summed E-state index contributed by atoms with van der Waals surface area (Å²) >= 11 is 19.5. The van der Waals surface area contributed by atoms with Gasteiger partial charge in [0.05, 0.1) is 0 Å². The van der Waals surface area contributed by atoms with Crippen LogP contribution in [0.15, 0.2) is 0 Å². The summed E-state index contributed by atoms with van der Waals surface area (Å²) in [4.78, 5) is 0. The molecule has 0 radical (unpaired) electrons. The Kier molecular flexibility index (Phi) is 14.4. The summed E-state index contributed by atoms with van der Waals surface area (Å²) in [5.74, 6) is 0. The van der Waals surface area contributed by atoms with Crippen molar-refractivity contribution >= 4 is 96.0 Å². The predicted molar refractivity (Wildman–Crippen MR) is 175 cm³/mol. The Bertz CT molecular complexity index is 795. The van der Waals surface area contributed by atoms with Crippen LogP contribution in [0.25, 0.3) is 0 Å². The van der Waals surface area contributed by atoms with Crippen LogP contribution >= 0.6 is 84.2 Å². The Morgan fingerprint density at radius 3 is 2.17 bits per heavy atom. The van der Waals surface area contributed by atoms with E-state index in [9.17, 15) is 4.57 Å². The van der Waals surface area contributed by atoms with Crippen molar-refractivity contribution in [2.24, 2.45) is 16.2 Å². The van der Waals surface area contributed by atoms with Gasteiger partial charge in [-0.15, -0.1) is 0 Å². The van der Waals surface area contributed by atoms with Gasteiger partial charge in [-0.05, 0) is 0 Å². The molecule has 216 valence electrons. The molecule has 0 aromatic rings. The van der Waals surface area contributed by atoms with E-state index in [0.29, 0.717) is 56.1 Å². The summed E-state index contributed by atoms with van der Waals surface area (Å²) in [7, 11) is -1.07.